The molecule has 0 aliphatic carbocycles. The summed E-state index contributed by atoms with van der Waals surface area (Å²) in [6.07, 6.45) is 0. The van der Waals surface area contributed by atoms with E-state index in [0.29, 0.717) is 0 Å². The topological polar surface area (TPSA) is 74.2 Å². The predicted octanol–water partition coefficient (Wildman–Crippen LogP) is 0.716. The van der Waals surface area contributed by atoms with Gasteiger partial charge in [0.15, 0.2) is 0 Å². The maximum absolute atomic E-state index is 10.9. The van der Waals surface area contributed by atoms with Crippen molar-refractivity contribution in [1.29, 1.82) is 0 Å². The van der Waals surface area contributed by atoms with Gasteiger partial charge in [-0.15, -0.1) is 0 Å². The third-order valence-electron chi connectivity index (χ3n) is 0.896. The molecule has 0 bridgehead atoms. The van der Waals surface area contributed by atoms with Crippen LogP contribution in [0.2, 0.25) is 0 Å². The third-order valence-corrected chi connectivity index (χ3v) is 1.92. The fourth-order valence-electron chi connectivity index (χ4n) is 0.485. The second-order valence-electron chi connectivity index (χ2n) is 1.75. The Bertz CT molecular complexity index is 156. The molecule has 1 N–H and O–H groups in total. The molecule has 0 spiro atoms. The highest BCUT2D eigenvalue weighted by atomic mass is 31.2. The number of phosphoric acid groups is 1. The van der Waals surface area contributed by atoms with E-state index in [0.717, 1.165) is 0 Å². The predicted molar refractivity (Wildman–Crippen MR) is 40.3 cm³/mol. The van der Waals surface area contributed by atoms with Gasteiger partial charge in [0.05, 0.1) is 6.61 Å². The number of phosphoric ester groups is 1. The summed E-state index contributed by atoms with van der Waals surface area (Å²) in [5.74, 6) is 0. The lowest BCUT2D eigenvalue weighted by Gasteiger charge is -2.16. The molecule has 1 atom stereocenters. The normalized spacial score (nSPS) is 16.4. The highest BCUT2D eigenvalue weighted by Crippen LogP contribution is 2.44. The molecule has 74 valence electrons. The highest BCUT2D eigenvalue weighted by molar-refractivity contribution is 7.47. The van der Waals surface area contributed by atoms with Crippen LogP contribution in [0.3, 0.4) is 0 Å². The zero-order valence-electron chi connectivity index (χ0n) is 7.22. The van der Waals surface area contributed by atoms with Crippen LogP contribution < -0.4 is 0 Å². The minimum absolute atomic E-state index is 0.0773. The minimum Gasteiger partial charge on any atom is -0.333 e. The number of hydrogen-bond donors (Lipinski definition) is 1. The molecule has 0 heterocycles. The molecule has 6 nitrogen and oxygen atoms in total. The van der Waals surface area contributed by atoms with Crippen LogP contribution in [-0.4, -0.2) is 32.2 Å². The highest BCUT2D eigenvalue weighted by Gasteiger charge is 2.25. The smallest absolute Gasteiger partial charge is 0.333 e. The largest absolute Gasteiger partial charge is 0.476 e. The molecule has 0 saturated carbocycles. The van der Waals surface area contributed by atoms with Crippen molar-refractivity contribution >= 4 is 7.82 Å². The molecule has 0 fully saturated rings. The van der Waals surface area contributed by atoms with Crippen molar-refractivity contribution in [3.05, 3.63) is 0 Å². The average Bonchev–Trinajstić information content (AvgIpc) is 2.00. The molecule has 0 aromatic heterocycles. The van der Waals surface area contributed by atoms with Crippen LogP contribution in [0.1, 0.15) is 6.92 Å². The molecule has 0 aromatic carbocycles. The summed E-state index contributed by atoms with van der Waals surface area (Å²) in [6, 6.07) is 0. The van der Waals surface area contributed by atoms with E-state index in [1.165, 1.54) is 14.2 Å². The lowest BCUT2D eigenvalue weighted by atomic mass is 10.9. The van der Waals surface area contributed by atoms with Crippen molar-refractivity contribution in [3.8, 4) is 0 Å². The van der Waals surface area contributed by atoms with E-state index in [2.05, 4.69) is 18.5 Å². The van der Waals surface area contributed by atoms with Crippen LogP contribution in [0, 0.1) is 0 Å². The van der Waals surface area contributed by atoms with Gasteiger partial charge in [0.1, 0.15) is 0 Å². The number of rotatable bonds is 6. The van der Waals surface area contributed by atoms with Crippen molar-refractivity contribution in [2.24, 2.45) is 0 Å². The molecule has 0 aliphatic rings. The second kappa shape index (κ2) is 5.64. The number of hydrogen-bond acceptors (Lipinski definition) is 5. The van der Waals surface area contributed by atoms with Gasteiger partial charge >= 0.3 is 7.82 Å². The zero-order valence-corrected chi connectivity index (χ0v) is 8.11. The maximum Gasteiger partial charge on any atom is 0.476 e. The monoisotopic (exact) mass is 200 g/mol. The minimum atomic E-state index is -4.03. The van der Waals surface area contributed by atoms with Crippen molar-refractivity contribution in [1.82, 2.24) is 0 Å². The fourth-order valence-corrected chi connectivity index (χ4v) is 1.26. The SMILES string of the molecule is CCOP(=O)(O)OC(OC)OC. The summed E-state index contributed by atoms with van der Waals surface area (Å²) < 4.78 is 28.8. The third kappa shape index (κ3) is 4.82. The van der Waals surface area contributed by atoms with E-state index in [1.807, 2.05) is 0 Å². The first-order valence-electron chi connectivity index (χ1n) is 3.27. The first kappa shape index (κ1) is 12.0. The van der Waals surface area contributed by atoms with Crippen LogP contribution in [0.25, 0.3) is 0 Å². The van der Waals surface area contributed by atoms with E-state index in [1.54, 1.807) is 6.92 Å². The maximum atomic E-state index is 10.9. The first-order chi connectivity index (χ1) is 5.55. The van der Waals surface area contributed by atoms with Crippen LogP contribution in [0.5, 0.6) is 0 Å². The van der Waals surface area contributed by atoms with Gasteiger partial charge in [0, 0.05) is 14.2 Å². The van der Waals surface area contributed by atoms with Crippen molar-refractivity contribution in [2.45, 2.75) is 13.4 Å². The molecule has 1 unspecified atom stereocenters. The van der Waals surface area contributed by atoms with Gasteiger partial charge in [-0.25, -0.2) is 9.09 Å². The molecular formula is C5H13O6P. The van der Waals surface area contributed by atoms with E-state index < -0.39 is 14.3 Å². The Labute approximate surface area is 71.0 Å². The van der Waals surface area contributed by atoms with Gasteiger partial charge < -0.3 is 14.4 Å². The lowest BCUT2D eigenvalue weighted by Crippen LogP contribution is -2.16. The van der Waals surface area contributed by atoms with E-state index in [4.69, 9.17) is 4.89 Å². The molecule has 0 radical (unpaired) electrons. The van der Waals surface area contributed by atoms with Crippen LogP contribution in [0.15, 0.2) is 0 Å². The van der Waals surface area contributed by atoms with Crippen molar-refractivity contribution in [3.63, 3.8) is 0 Å². The quantitative estimate of drug-likeness (QED) is 0.503. The van der Waals surface area contributed by atoms with Gasteiger partial charge in [0.25, 0.3) is 6.48 Å². The molecule has 0 saturated heterocycles. The molecule has 12 heavy (non-hydrogen) atoms. The summed E-state index contributed by atoms with van der Waals surface area (Å²) in [5.41, 5.74) is 0. The van der Waals surface area contributed by atoms with Crippen molar-refractivity contribution < 1.29 is 28.0 Å². The summed E-state index contributed by atoms with van der Waals surface area (Å²) in [7, 11) is -1.48. The fraction of sp³-hybridized carbons (Fsp3) is 1.00. The molecule has 0 rings (SSSR count). The van der Waals surface area contributed by atoms with Crippen LogP contribution in [-0.2, 0) is 23.1 Å². The van der Waals surface area contributed by atoms with Crippen molar-refractivity contribution in [2.75, 3.05) is 20.8 Å². The Hall–Kier alpha value is 0.0300. The first-order valence-corrected chi connectivity index (χ1v) is 4.76. The summed E-state index contributed by atoms with van der Waals surface area (Å²) >= 11 is 0. The molecule has 0 amide bonds. The van der Waals surface area contributed by atoms with Crippen LogP contribution in [0.4, 0.5) is 0 Å². The van der Waals surface area contributed by atoms with E-state index in [9.17, 15) is 4.57 Å². The van der Waals surface area contributed by atoms with Gasteiger partial charge in [-0.1, -0.05) is 0 Å². The lowest BCUT2D eigenvalue weighted by molar-refractivity contribution is -0.227. The molecule has 0 aliphatic heterocycles. The Morgan fingerprint density at radius 3 is 2.25 bits per heavy atom. The second-order valence-corrected chi connectivity index (χ2v) is 3.16. The average molecular weight is 200 g/mol. The Morgan fingerprint density at radius 2 is 1.92 bits per heavy atom. The number of ether oxygens (including phenoxy) is 2. The molecular weight excluding hydrogens is 187 g/mol. The summed E-state index contributed by atoms with van der Waals surface area (Å²) in [6.45, 7) is 0.460. The molecule has 7 heteroatoms. The van der Waals surface area contributed by atoms with Crippen LogP contribution >= 0.6 is 7.82 Å². The standard InChI is InChI=1S/C5H13O6P/c1-4-10-12(6,7)11-5(8-2)9-3/h5H,4H2,1-3H3,(H,6,7). The van der Waals surface area contributed by atoms with Gasteiger partial charge in [-0.05, 0) is 6.92 Å². The molecule has 0 aromatic rings. The number of methoxy groups -OCH3 is 2. The Kier molecular flexibility index (Phi) is 5.65. The summed E-state index contributed by atoms with van der Waals surface area (Å²) in [5, 5.41) is 0. The van der Waals surface area contributed by atoms with E-state index >= 15 is 0 Å². The summed E-state index contributed by atoms with van der Waals surface area (Å²) in [4.78, 5) is 8.90. The Balaban J connectivity index is 3.94. The van der Waals surface area contributed by atoms with Gasteiger partial charge in [-0.2, -0.15) is 0 Å². The van der Waals surface area contributed by atoms with E-state index in [-0.39, 0.29) is 6.61 Å². The Morgan fingerprint density at radius 1 is 1.42 bits per heavy atom. The van der Waals surface area contributed by atoms with Gasteiger partial charge in [-0.3, -0.25) is 4.52 Å². The zero-order chi connectivity index (χ0) is 9.61. The van der Waals surface area contributed by atoms with Gasteiger partial charge in [0.2, 0.25) is 0 Å².